The van der Waals surface area contributed by atoms with Gasteiger partial charge in [0, 0.05) is 6.07 Å². The fraction of sp³-hybridized carbons (Fsp3) is 0.100. The van der Waals surface area contributed by atoms with Gasteiger partial charge in [0.25, 0.3) is 0 Å². The number of phenolic OH excluding ortho intramolecular Hbond substituents is 1. The third-order valence-electron chi connectivity index (χ3n) is 2.03. The van der Waals surface area contributed by atoms with Crippen LogP contribution in [0.3, 0.4) is 0 Å². The van der Waals surface area contributed by atoms with Gasteiger partial charge in [0.1, 0.15) is 5.75 Å². The molecule has 0 saturated heterocycles. The monoisotopic (exact) mass is 189 g/mol. The molecule has 0 spiro atoms. The van der Waals surface area contributed by atoms with Crippen LogP contribution < -0.4 is 5.73 Å². The zero-order chi connectivity index (χ0) is 10.1. The van der Waals surface area contributed by atoms with E-state index in [1.807, 2.05) is 13.0 Å². The molecule has 3 N–H and O–H groups in total. The Morgan fingerprint density at radius 2 is 2.21 bits per heavy atom. The third-order valence-corrected chi connectivity index (χ3v) is 2.03. The second kappa shape index (κ2) is 3.06. The molecule has 0 fully saturated rings. The van der Waals surface area contributed by atoms with Crippen LogP contribution in [0.1, 0.15) is 5.69 Å². The lowest BCUT2D eigenvalue weighted by Gasteiger charge is -2.00. The van der Waals surface area contributed by atoms with Gasteiger partial charge in [0.05, 0.1) is 23.3 Å². The van der Waals surface area contributed by atoms with Crippen molar-refractivity contribution in [2.45, 2.75) is 6.92 Å². The number of phenols is 1. The predicted molar refractivity (Wildman–Crippen MR) is 54.4 cm³/mol. The van der Waals surface area contributed by atoms with Crippen molar-refractivity contribution in [1.82, 2.24) is 9.78 Å². The van der Waals surface area contributed by atoms with E-state index in [0.717, 1.165) is 11.4 Å². The Kier molecular flexibility index (Phi) is 1.89. The van der Waals surface area contributed by atoms with Crippen LogP contribution in [0.5, 0.6) is 5.75 Å². The van der Waals surface area contributed by atoms with Crippen LogP contribution in [0.25, 0.3) is 5.69 Å². The summed E-state index contributed by atoms with van der Waals surface area (Å²) in [7, 11) is 0. The summed E-state index contributed by atoms with van der Waals surface area (Å²) in [5, 5.41) is 13.5. The molecule has 0 atom stereocenters. The summed E-state index contributed by atoms with van der Waals surface area (Å²) < 4.78 is 1.64. The molecular formula is C10H11N3O. The number of hydrogen-bond acceptors (Lipinski definition) is 3. The maximum absolute atomic E-state index is 9.28. The van der Waals surface area contributed by atoms with Gasteiger partial charge in [-0.2, -0.15) is 5.10 Å². The number of aromatic hydroxyl groups is 1. The standard InChI is InChI=1S/C10H11N3O/c1-7-10(11)6-13(12-7)8-3-2-4-9(14)5-8/h2-6,14H,11H2,1H3. The molecular weight excluding hydrogens is 178 g/mol. The first-order valence-corrected chi connectivity index (χ1v) is 4.28. The average molecular weight is 189 g/mol. The van der Waals surface area contributed by atoms with Crippen molar-refractivity contribution in [3.63, 3.8) is 0 Å². The Labute approximate surface area is 81.6 Å². The molecule has 2 aromatic rings. The Morgan fingerprint density at radius 1 is 1.43 bits per heavy atom. The summed E-state index contributed by atoms with van der Waals surface area (Å²) >= 11 is 0. The zero-order valence-corrected chi connectivity index (χ0v) is 7.81. The van der Waals surface area contributed by atoms with Gasteiger partial charge in [-0.15, -0.1) is 0 Å². The number of anilines is 1. The molecule has 0 aliphatic heterocycles. The second-order valence-electron chi connectivity index (χ2n) is 3.13. The minimum atomic E-state index is 0.217. The fourth-order valence-corrected chi connectivity index (χ4v) is 1.24. The Morgan fingerprint density at radius 3 is 2.79 bits per heavy atom. The normalized spacial score (nSPS) is 10.4. The van der Waals surface area contributed by atoms with Crippen LogP contribution in [0, 0.1) is 6.92 Å². The van der Waals surface area contributed by atoms with E-state index in [9.17, 15) is 5.11 Å². The molecule has 72 valence electrons. The summed E-state index contributed by atoms with van der Waals surface area (Å²) in [6.45, 7) is 1.84. The van der Waals surface area contributed by atoms with E-state index in [0.29, 0.717) is 5.69 Å². The number of aryl methyl sites for hydroxylation is 1. The van der Waals surface area contributed by atoms with Crippen LogP contribution in [-0.2, 0) is 0 Å². The molecule has 14 heavy (non-hydrogen) atoms. The van der Waals surface area contributed by atoms with Gasteiger partial charge in [0.15, 0.2) is 0 Å². The van der Waals surface area contributed by atoms with Crippen molar-refractivity contribution in [1.29, 1.82) is 0 Å². The molecule has 0 aliphatic rings. The number of benzene rings is 1. The summed E-state index contributed by atoms with van der Waals surface area (Å²) in [5.74, 6) is 0.217. The molecule has 2 rings (SSSR count). The molecule has 4 heteroatoms. The Balaban J connectivity index is 2.49. The van der Waals surface area contributed by atoms with Crippen molar-refractivity contribution in [2.24, 2.45) is 0 Å². The molecule has 0 radical (unpaired) electrons. The maximum Gasteiger partial charge on any atom is 0.117 e. The van der Waals surface area contributed by atoms with E-state index in [2.05, 4.69) is 5.10 Å². The van der Waals surface area contributed by atoms with Gasteiger partial charge in [-0.05, 0) is 19.1 Å². The van der Waals surface area contributed by atoms with Crippen molar-refractivity contribution in [3.8, 4) is 11.4 Å². The first-order valence-electron chi connectivity index (χ1n) is 4.28. The topological polar surface area (TPSA) is 64.1 Å². The van der Waals surface area contributed by atoms with Gasteiger partial charge in [-0.25, -0.2) is 4.68 Å². The van der Waals surface area contributed by atoms with Crippen molar-refractivity contribution >= 4 is 5.69 Å². The van der Waals surface area contributed by atoms with Crippen molar-refractivity contribution < 1.29 is 5.11 Å². The van der Waals surface area contributed by atoms with Crippen molar-refractivity contribution in [2.75, 3.05) is 5.73 Å². The minimum absolute atomic E-state index is 0.217. The number of nitrogens with zero attached hydrogens (tertiary/aromatic N) is 2. The Bertz CT molecular complexity index is 443. The molecule has 1 aromatic heterocycles. The van der Waals surface area contributed by atoms with E-state index in [1.54, 1.807) is 29.1 Å². The highest BCUT2D eigenvalue weighted by molar-refractivity contribution is 5.45. The highest BCUT2D eigenvalue weighted by Gasteiger charge is 2.02. The van der Waals surface area contributed by atoms with Crippen LogP contribution in [-0.4, -0.2) is 14.9 Å². The van der Waals surface area contributed by atoms with Gasteiger partial charge in [-0.1, -0.05) is 6.07 Å². The minimum Gasteiger partial charge on any atom is -0.508 e. The molecule has 0 unspecified atom stereocenters. The van der Waals surface area contributed by atoms with Gasteiger partial charge < -0.3 is 10.8 Å². The van der Waals surface area contributed by atoms with Crippen molar-refractivity contribution in [3.05, 3.63) is 36.2 Å². The Hall–Kier alpha value is -1.97. The van der Waals surface area contributed by atoms with Gasteiger partial charge in [-0.3, -0.25) is 0 Å². The lowest BCUT2D eigenvalue weighted by molar-refractivity contribution is 0.475. The van der Waals surface area contributed by atoms with Crippen LogP contribution >= 0.6 is 0 Å². The summed E-state index contributed by atoms with van der Waals surface area (Å²) in [5.41, 5.74) is 7.90. The van der Waals surface area contributed by atoms with E-state index in [4.69, 9.17) is 5.73 Å². The highest BCUT2D eigenvalue weighted by Crippen LogP contribution is 2.17. The third kappa shape index (κ3) is 1.42. The zero-order valence-electron chi connectivity index (χ0n) is 7.81. The molecule has 1 aromatic carbocycles. The predicted octanol–water partition coefficient (Wildman–Crippen LogP) is 1.47. The lowest BCUT2D eigenvalue weighted by Crippen LogP contribution is -1.93. The summed E-state index contributed by atoms with van der Waals surface area (Å²) in [6, 6.07) is 6.86. The van der Waals surface area contributed by atoms with Crippen LogP contribution in [0.4, 0.5) is 5.69 Å². The van der Waals surface area contributed by atoms with E-state index >= 15 is 0 Å². The highest BCUT2D eigenvalue weighted by atomic mass is 16.3. The number of aromatic nitrogens is 2. The number of nitrogens with two attached hydrogens (primary N) is 1. The number of nitrogen functional groups attached to an aromatic ring is 1. The number of hydrogen-bond donors (Lipinski definition) is 2. The quantitative estimate of drug-likeness (QED) is 0.714. The number of rotatable bonds is 1. The van der Waals surface area contributed by atoms with E-state index in [-0.39, 0.29) is 5.75 Å². The lowest BCUT2D eigenvalue weighted by atomic mass is 10.3. The van der Waals surface area contributed by atoms with E-state index in [1.165, 1.54) is 0 Å². The molecule has 0 aliphatic carbocycles. The summed E-state index contributed by atoms with van der Waals surface area (Å²) in [4.78, 5) is 0. The SMILES string of the molecule is Cc1nn(-c2cccc(O)c2)cc1N. The molecule has 0 amide bonds. The average Bonchev–Trinajstić information content (AvgIpc) is 2.47. The molecule has 0 saturated carbocycles. The van der Waals surface area contributed by atoms with E-state index < -0.39 is 0 Å². The molecule has 4 nitrogen and oxygen atoms in total. The summed E-state index contributed by atoms with van der Waals surface area (Å²) in [6.07, 6.45) is 1.73. The fourth-order valence-electron chi connectivity index (χ4n) is 1.24. The van der Waals surface area contributed by atoms with Crippen LogP contribution in [0.15, 0.2) is 30.5 Å². The van der Waals surface area contributed by atoms with Crippen LogP contribution in [0.2, 0.25) is 0 Å². The largest absolute Gasteiger partial charge is 0.508 e. The van der Waals surface area contributed by atoms with Gasteiger partial charge in [0.2, 0.25) is 0 Å². The maximum atomic E-state index is 9.28. The molecule has 0 bridgehead atoms. The molecule has 1 heterocycles. The first-order chi connectivity index (χ1) is 6.66. The smallest absolute Gasteiger partial charge is 0.117 e. The first kappa shape index (κ1) is 8.62. The van der Waals surface area contributed by atoms with Gasteiger partial charge >= 0.3 is 0 Å². The second-order valence-corrected chi connectivity index (χ2v) is 3.13.